The molecule has 0 spiro atoms. The summed E-state index contributed by atoms with van der Waals surface area (Å²) in [5, 5.41) is 7.22. The van der Waals surface area contributed by atoms with Gasteiger partial charge in [-0.25, -0.2) is 0 Å². The van der Waals surface area contributed by atoms with Crippen LogP contribution < -0.4 is 10.6 Å². The van der Waals surface area contributed by atoms with Crippen LogP contribution in [0.2, 0.25) is 0 Å². The molecule has 0 bridgehead atoms. The smallest absolute Gasteiger partial charge is 0.239 e. The van der Waals surface area contributed by atoms with Gasteiger partial charge in [-0.2, -0.15) is 0 Å². The van der Waals surface area contributed by atoms with Crippen molar-refractivity contribution in [2.45, 2.75) is 78.0 Å². The van der Waals surface area contributed by atoms with Crippen molar-refractivity contribution < 1.29 is 9.59 Å². The molecule has 4 atom stereocenters. The van der Waals surface area contributed by atoms with Gasteiger partial charge in [0.1, 0.15) is 0 Å². The van der Waals surface area contributed by atoms with E-state index in [2.05, 4.69) is 111 Å². The number of hydrogen-bond donors (Lipinski definition) is 2. The van der Waals surface area contributed by atoms with Crippen molar-refractivity contribution in [3.63, 3.8) is 0 Å². The third-order valence-corrected chi connectivity index (χ3v) is 9.29. The first-order chi connectivity index (χ1) is 17.9. The average Bonchev–Trinajstić information content (AvgIpc) is 3.41. The lowest BCUT2D eigenvalue weighted by Gasteiger charge is -2.09. The van der Waals surface area contributed by atoms with Crippen LogP contribution in [0.3, 0.4) is 0 Å². The van der Waals surface area contributed by atoms with E-state index in [0.717, 1.165) is 10.3 Å². The highest BCUT2D eigenvalue weighted by Gasteiger charge is 2.33. The highest BCUT2D eigenvalue weighted by Crippen LogP contribution is 2.29. The molecule has 2 heterocycles. The fraction of sp³-hybridized carbons (Fsp3) is 0.467. The summed E-state index contributed by atoms with van der Waals surface area (Å²) in [6.45, 7) is 16.5. The molecule has 0 aromatic heterocycles. The molecular formula is C30H40N4O2S2. The zero-order chi connectivity index (χ0) is 28.0. The summed E-state index contributed by atoms with van der Waals surface area (Å²) in [5.74, 6) is 0.810. The van der Waals surface area contributed by atoms with Crippen LogP contribution in [0.15, 0.2) is 58.5 Å². The first-order valence-electron chi connectivity index (χ1n) is 13.2. The highest BCUT2D eigenvalue weighted by molar-refractivity contribution is 8.16. The third kappa shape index (κ3) is 8.21. The Morgan fingerprint density at radius 1 is 0.605 bits per heavy atom. The molecule has 2 aromatic rings. The zero-order valence-corrected chi connectivity index (χ0v) is 25.2. The molecule has 0 radical (unpaired) electrons. The molecule has 2 amide bonds. The van der Waals surface area contributed by atoms with Gasteiger partial charge in [0.05, 0.1) is 22.6 Å². The minimum absolute atomic E-state index is 0.0102. The Labute approximate surface area is 236 Å². The standard InChI is InChI=1S/2C15H20N2OS/c2*1-9(2)13-14(18)17-15(19-13)16-11(4)12-7-5-10(3)6-8-12/h2*5-9,11,13H,1-4H3,(H,16,17,18)/t11-,13+;11-,13-/m11/s1. The number of hydrogen-bond acceptors (Lipinski definition) is 6. The van der Waals surface area contributed by atoms with Crippen LogP contribution in [0.4, 0.5) is 0 Å². The minimum Gasteiger partial charge on any atom is -0.304 e. The fourth-order valence-electron chi connectivity index (χ4n) is 3.95. The maximum Gasteiger partial charge on any atom is 0.239 e. The van der Waals surface area contributed by atoms with Crippen molar-refractivity contribution in [3.05, 3.63) is 70.8 Å². The van der Waals surface area contributed by atoms with Crippen molar-refractivity contribution in [2.24, 2.45) is 21.8 Å². The predicted octanol–water partition coefficient (Wildman–Crippen LogP) is 6.60. The Kier molecular flexibility index (Phi) is 10.6. The number of rotatable bonds is 6. The molecule has 2 N–H and O–H groups in total. The van der Waals surface area contributed by atoms with E-state index in [1.807, 2.05) is 13.8 Å². The summed E-state index contributed by atoms with van der Waals surface area (Å²) in [5.41, 5.74) is 4.82. The maximum absolute atomic E-state index is 11.8. The van der Waals surface area contributed by atoms with Gasteiger partial charge in [-0.05, 0) is 50.7 Å². The number of nitrogens with zero attached hydrogens (tertiary/aromatic N) is 2. The molecule has 204 valence electrons. The molecule has 2 aromatic carbocycles. The lowest BCUT2D eigenvalue weighted by Crippen LogP contribution is -2.27. The minimum atomic E-state index is -0.0102. The summed E-state index contributed by atoms with van der Waals surface area (Å²) >= 11 is 3.08. The topological polar surface area (TPSA) is 82.9 Å². The van der Waals surface area contributed by atoms with Crippen LogP contribution in [0.1, 0.15) is 75.9 Å². The lowest BCUT2D eigenvalue weighted by molar-refractivity contribution is -0.120. The number of thioether (sulfide) groups is 2. The largest absolute Gasteiger partial charge is 0.304 e. The van der Waals surface area contributed by atoms with Gasteiger partial charge in [0, 0.05) is 0 Å². The summed E-state index contributed by atoms with van der Waals surface area (Å²) < 4.78 is 0. The van der Waals surface area contributed by atoms with Gasteiger partial charge in [0.15, 0.2) is 10.3 Å². The van der Waals surface area contributed by atoms with E-state index >= 15 is 0 Å². The van der Waals surface area contributed by atoms with Gasteiger partial charge in [0.25, 0.3) is 0 Å². The van der Waals surface area contributed by atoms with E-state index < -0.39 is 0 Å². The quantitative estimate of drug-likeness (QED) is 0.423. The maximum atomic E-state index is 11.8. The molecule has 4 rings (SSSR count). The second kappa shape index (κ2) is 13.5. The number of carbonyl (C=O) groups excluding carboxylic acids is 2. The fourth-order valence-corrected chi connectivity index (χ4v) is 6.07. The molecule has 6 nitrogen and oxygen atoms in total. The molecule has 8 heteroatoms. The van der Waals surface area contributed by atoms with Gasteiger partial charge >= 0.3 is 0 Å². The summed E-state index contributed by atoms with van der Waals surface area (Å²) in [7, 11) is 0. The first-order valence-corrected chi connectivity index (χ1v) is 14.9. The highest BCUT2D eigenvalue weighted by atomic mass is 32.2. The van der Waals surface area contributed by atoms with Gasteiger partial charge in [-0.15, -0.1) is 0 Å². The van der Waals surface area contributed by atoms with Crippen molar-refractivity contribution in [2.75, 3.05) is 0 Å². The van der Waals surface area contributed by atoms with Crippen LogP contribution in [0.25, 0.3) is 0 Å². The Bertz CT molecular complexity index is 1080. The first kappa shape index (κ1) is 30.0. The lowest BCUT2D eigenvalue weighted by atomic mass is 10.1. The predicted molar refractivity (Wildman–Crippen MR) is 163 cm³/mol. The molecule has 0 aliphatic carbocycles. The number of amides is 2. The average molecular weight is 553 g/mol. The number of aryl methyl sites for hydroxylation is 2. The SMILES string of the molecule is Cc1ccc([C@@H](C)N=C2NC(=O)[C@@H](C(C)C)S2)cc1.Cc1ccc([C@@H](C)N=C2NC(=O)[C@H](C(C)C)S2)cc1. The number of aliphatic imine (C=N–C) groups is 2. The van der Waals surface area contributed by atoms with Gasteiger partial charge in [-0.1, -0.05) is 111 Å². The monoisotopic (exact) mass is 552 g/mol. The Morgan fingerprint density at radius 3 is 1.18 bits per heavy atom. The molecule has 38 heavy (non-hydrogen) atoms. The molecule has 2 aliphatic heterocycles. The van der Waals surface area contributed by atoms with Crippen LogP contribution in [0.5, 0.6) is 0 Å². The molecular weight excluding hydrogens is 512 g/mol. The summed E-state index contributed by atoms with van der Waals surface area (Å²) in [4.78, 5) is 32.8. The Balaban J connectivity index is 0.000000211. The van der Waals surface area contributed by atoms with Gasteiger partial charge in [0.2, 0.25) is 11.8 Å². The summed E-state index contributed by atoms with van der Waals surface area (Å²) in [6, 6.07) is 16.8. The van der Waals surface area contributed by atoms with E-state index in [-0.39, 0.29) is 34.4 Å². The van der Waals surface area contributed by atoms with Crippen LogP contribution >= 0.6 is 23.5 Å². The molecule has 2 fully saturated rings. The van der Waals surface area contributed by atoms with Crippen molar-refractivity contribution in [1.82, 2.24) is 10.6 Å². The third-order valence-electron chi connectivity index (χ3n) is 6.41. The number of benzene rings is 2. The van der Waals surface area contributed by atoms with E-state index in [0.29, 0.717) is 11.8 Å². The van der Waals surface area contributed by atoms with Gasteiger partial charge in [-0.3, -0.25) is 19.6 Å². The Hall–Kier alpha value is -2.58. The van der Waals surface area contributed by atoms with E-state index in [1.54, 1.807) is 23.5 Å². The normalized spacial score (nSPS) is 22.9. The summed E-state index contributed by atoms with van der Waals surface area (Å²) in [6.07, 6.45) is 0. The zero-order valence-electron chi connectivity index (χ0n) is 23.6. The second-order valence-electron chi connectivity index (χ2n) is 10.6. The van der Waals surface area contributed by atoms with Crippen LogP contribution in [-0.2, 0) is 9.59 Å². The van der Waals surface area contributed by atoms with Crippen molar-refractivity contribution in [3.8, 4) is 0 Å². The molecule has 0 saturated carbocycles. The van der Waals surface area contributed by atoms with Gasteiger partial charge < -0.3 is 10.6 Å². The molecule has 2 aliphatic rings. The van der Waals surface area contributed by atoms with E-state index in [1.165, 1.54) is 22.3 Å². The molecule has 0 unspecified atom stereocenters. The number of amidine groups is 2. The van der Waals surface area contributed by atoms with E-state index in [9.17, 15) is 9.59 Å². The Morgan fingerprint density at radius 2 is 0.921 bits per heavy atom. The van der Waals surface area contributed by atoms with Crippen LogP contribution in [0, 0.1) is 25.7 Å². The van der Waals surface area contributed by atoms with Crippen LogP contribution in [-0.4, -0.2) is 32.6 Å². The number of nitrogens with one attached hydrogen (secondary N) is 2. The van der Waals surface area contributed by atoms with E-state index in [4.69, 9.17) is 0 Å². The molecule has 2 saturated heterocycles. The van der Waals surface area contributed by atoms with Crippen molar-refractivity contribution in [1.29, 1.82) is 0 Å². The number of carbonyl (C=O) groups is 2. The second-order valence-corrected chi connectivity index (χ2v) is 12.8. The van der Waals surface area contributed by atoms with Crippen molar-refractivity contribution >= 4 is 45.7 Å².